The molecule has 1 fully saturated rings. The van der Waals surface area contributed by atoms with Gasteiger partial charge in [0.05, 0.1) is 24.7 Å². The molecule has 0 aromatic heterocycles. The van der Waals surface area contributed by atoms with Crippen LogP contribution in [0.5, 0.6) is 11.5 Å². The maximum absolute atomic E-state index is 12.5. The summed E-state index contributed by atoms with van der Waals surface area (Å²) in [6.45, 7) is 1.93. The summed E-state index contributed by atoms with van der Waals surface area (Å²) in [5.74, 6) is 0.968. The molecule has 1 unspecified atom stereocenters. The molecule has 2 N–H and O–H groups in total. The first-order valence-electron chi connectivity index (χ1n) is 8.78. The molecule has 10 heteroatoms. The van der Waals surface area contributed by atoms with E-state index < -0.39 is 16.4 Å². The van der Waals surface area contributed by atoms with Crippen LogP contribution >= 0.6 is 0 Å². The molecule has 0 spiro atoms. The van der Waals surface area contributed by atoms with E-state index in [1.165, 1.54) is 6.07 Å². The fraction of sp³-hybridized carbons (Fsp3) is 0.588. The summed E-state index contributed by atoms with van der Waals surface area (Å²) in [5.41, 5.74) is 0.747. The van der Waals surface area contributed by atoms with Gasteiger partial charge in [0.15, 0.2) is 27.3 Å². The second-order valence-electron chi connectivity index (χ2n) is 6.03. The highest BCUT2D eigenvalue weighted by molar-refractivity contribution is 7.91. The van der Waals surface area contributed by atoms with Crippen molar-refractivity contribution in [3.8, 4) is 11.5 Å². The second kappa shape index (κ2) is 9.72. The van der Waals surface area contributed by atoms with Crippen LogP contribution < -0.4 is 20.1 Å². The van der Waals surface area contributed by atoms with E-state index in [2.05, 4.69) is 20.4 Å². The number of nitrogens with one attached hydrogen (secondary N) is 2. The topological polar surface area (TPSA) is 89.0 Å². The van der Waals surface area contributed by atoms with Crippen molar-refractivity contribution in [3.63, 3.8) is 0 Å². The zero-order valence-electron chi connectivity index (χ0n) is 15.4. The van der Waals surface area contributed by atoms with Gasteiger partial charge in [0, 0.05) is 12.6 Å². The first-order valence-corrected chi connectivity index (χ1v) is 10.6. The van der Waals surface area contributed by atoms with Crippen LogP contribution in [-0.4, -0.2) is 51.7 Å². The number of alkyl halides is 2. The Hall–Kier alpha value is -2.10. The highest BCUT2D eigenvalue weighted by Crippen LogP contribution is 2.30. The standard InChI is InChI=1S/C17H25F2N3O4S/c1-3-20-17(22-13-7-8-27(23,24)11-13)21-10-12-5-6-14(26-16(18)19)15(9-12)25-4-2/h5-6,9,13,16H,3-4,7-8,10-11H2,1-2H3,(H2,20,21,22). The van der Waals surface area contributed by atoms with E-state index in [1.807, 2.05) is 6.92 Å². The van der Waals surface area contributed by atoms with Crippen LogP contribution in [0.25, 0.3) is 0 Å². The van der Waals surface area contributed by atoms with E-state index in [4.69, 9.17) is 4.74 Å². The number of nitrogens with zero attached hydrogens (tertiary/aromatic N) is 1. The van der Waals surface area contributed by atoms with Gasteiger partial charge in [0.25, 0.3) is 0 Å². The highest BCUT2D eigenvalue weighted by atomic mass is 32.2. The van der Waals surface area contributed by atoms with Gasteiger partial charge in [0.2, 0.25) is 0 Å². The lowest BCUT2D eigenvalue weighted by molar-refractivity contribution is -0.0514. The Morgan fingerprint density at radius 3 is 2.70 bits per heavy atom. The first-order chi connectivity index (χ1) is 12.8. The monoisotopic (exact) mass is 405 g/mol. The third-order valence-corrected chi connectivity index (χ3v) is 5.63. The molecule has 1 atom stereocenters. The summed E-state index contributed by atoms with van der Waals surface area (Å²) in [6, 6.07) is 4.49. The Labute approximate surface area is 158 Å². The van der Waals surface area contributed by atoms with E-state index in [-0.39, 0.29) is 35.6 Å². The lowest BCUT2D eigenvalue weighted by atomic mass is 10.2. The van der Waals surface area contributed by atoms with Gasteiger partial charge in [-0.3, -0.25) is 0 Å². The van der Waals surface area contributed by atoms with Gasteiger partial charge in [-0.05, 0) is 38.0 Å². The number of hydrogen-bond donors (Lipinski definition) is 2. The Balaban J connectivity index is 2.08. The van der Waals surface area contributed by atoms with E-state index in [9.17, 15) is 17.2 Å². The molecule has 1 heterocycles. The SMILES string of the molecule is CCNC(=NCc1ccc(OC(F)F)c(OCC)c1)NC1CCS(=O)(=O)C1. The summed E-state index contributed by atoms with van der Waals surface area (Å²) in [7, 11) is -2.99. The fourth-order valence-corrected chi connectivity index (χ4v) is 4.38. The third-order valence-electron chi connectivity index (χ3n) is 3.86. The molecule has 2 rings (SSSR count). The van der Waals surface area contributed by atoms with Gasteiger partial charge >= 0.3 is 6.61 Å². The van der Waals surface area contributed by atoms with Gasteiger partial charge in [-0.2, -0.15) is 8.78 Å². The third kappa shape index (κ3) is 6.85. The minimum atomic E-state index is -2.99. The van der Waals surface area contributed by atoms with Gasteiger partial charge in [0.1, 0.15) is 0 Å². The molecule has 0 radical (unpaired) electrons. The quantitative estimate of drug-likeness (QED) is 0.508. The fourth-order valence-electron chi connectivity index (χ4n) is 2.71. The molecule has 1 aliphatic rings. The molecule has 0 amide bonds. The Kier molecular flexibility index (Phi) is 7.64. The van der Waals surface area contributed by atoms with Crippen LogP contribution in [0.15, 0.2) is 23.2 Å². The number of hydrogen-bond acceptors (Lipinski definition) is 5. The molecule has 1 aromatic carbocycles. The van der Waals surface area contributed by atoms with Gasteiger partial charge in [-0.15, -0.1) is 0 Å². The largest absolute Gasteiger partial charge is 0.490 e. The average molecular weight is 405 g/mol. The number of rotatable bonds is 8. The zero-order chi connectivity index (χ0) is 19.9. The molecular weight excluding hydrogens is 380 g/mol. The molecule has 1 saturated heterocycles. The number of benzene rings is 1. The number of aliphatic imine (C=N–C) groups is 1. The van der Waals surface area contributed by atoms with Crippen molar-refractivity contribution in [1.82, 2.24) is 10.6 Å². The molecule has 0 saturated carbocycles. The Bertz CT molecular complexity index is 757. The number of ether oxygens (including phenoxy) is 2. The minimum absolute atomic E-state index is 0.0271. The van der Waals surface area contributed by atoms with Crippen LogP contribution in [0, 0.1) is 0 Å². The van der Waals surface area contributed by atoms with E-state index in [0.717, 1.165) is 5.56 Å². The number of sulfone groups is 1. The second-order valence-corrected chi connectivity index (χ2v) is 8.26. The summed E-state index contributed by atoms with van der Waals surface area (Å²) in [6.07, 6.45) is 0.543. The van der Waals surface area contributed by atoms with Crippen LogP contribution in [0.1, 0.15) is 25.8 Å². The highest BCUT2D eigenvalue weighted by Gasteiger charge is 2.28. The van der Waals surface area contributed by atoms with Gasteiger partial charge in [-0.1, -0.05) is 6.07 Å². The van der Waals surface area contributed by atoms with Crippen molar-refractivity contribution >= 4 is 15.8 Å². The van der Waals surface area contributed by atoms with Gasteiger partial charge in [-0.25, -0.2) is 13.4 Å². The summed E-state index contributed by atoms with van der Waals surface area (Å²) in [5, 5.41) is 6.20. The van der Waals surface area contributed by atoms with Crippen molar-refractivity contribution in [2.24, 2.45) is 4.99 Å². The Morgan fingerprint density at radius 2 is 2.11 bits per heavy atom. The van der Waals surface area contributed by atoms with Crippen LogP contribution in [0.4, 0.5) is 8.78 Å². The normalized spacial score (nSPS) is 19.1. The summed E-state index contributed by atoms with van der Waals surface area (Å²) >= 11 is 0. The predicted octanol–water partition coefficient (Wildman–Crippen LogP) is 1.93. The average Bonchev–Trinajstić information content (AvgIpc) is 2.93. The smallest absolute Gasteiger partial charge is 0.387 e. The molecule has 27 heavy (non-hydrogen) atoms. The van der Waals surface area contributed by atoms with Crippen molar-refractivity contribution < 1.29 is 26.7 Å². The van der Waals surface area contributed by atoms with Crippen molar-refractivity contribution in [2.75, 3.05) is 24.7 Å². The predicted molar refractivity (Wildman–Crippen MR) is 99.3 cm³/mol. The lowest BCUT2D eigenvalue weighted by Crippen LogP contribution is -2.44. The van der Waals surface area contributed by atoms with Crippen LogP contribution in [-0.2, 0) is 16.4 Å². The number of halogens is 2. The van der Waals surface area contributed by atoms with E-state index >= 15 is 0 Å². The molecule has 152 valence electrons. The van der Waals surface area contributed by atoms with Crippen LogP contribution in [0.2, 0.25) is 0 Å². The Morgan fingerprint density at radius 1 is 1.33 bits per heavy atom. The first kappa shape index (κ1) is 21.2. The number of guanidine groups is 1. The summed E-state index contributed by atoms with van der Waals surface area (Å²) < 4.78 is 57.9. The van der Waals surface area contributed by atoms with Gasteiger partial charge < -0.3 is 20.1 Å². The van der Waals surface area contributed by atoms with Crippen molar-refractivity contribution in [3.05, 3.63) is 23.8 Å². The lowest BCUT2D eigenvalue weighted by Gasteiger charge is -2.16. The molecular formula is C17H25F2N3O4S. The maximum Gasteiger partial charge on any atom is 0.387 e. The molecule has 1 aromatic rings. The molecule has 0 aliphatic carbocycles. The van der Waals surface area contributed by atoms with Crippen LogP contribution in [0.3, 0.4) is 0 Å². The van der Waals surface area contributed by atoms with Crippen molar-refractivity contribution in [2.45, 2.75) is 39.5 Å². The molecule has 7 nitrogen and oxygen atoms in total. The van der Waals surface area contributed by atoms with E-state index in [1.54, 1.807) is 19.1 Å². The minimum Gasteiger partial charge on any atom is -0.490 e. The summed E-state index contributed by atoms with van der Waals surface area (Å²) in [4.78, 5) is 4.44. The molecule has 0 bridgehead atoms. The molecule has 1 aliphatic heterocycles. The zero-order valence-corrected chi connectivity index (χ0v) is 16.2. The van der Waals surface area contributed by atoms with E-state index in [0.29, 0.717) is 25.5 Å². The van der Waals surface area contributed by atoms with Crippen molar-refractivity contribution in [1.29, 1.82) is 0 Å². The maximum atomic E-state index is 12.5.